The zero-order valence-electron chi connectivity index (χ0n) is 10.3. The van der Waals surface area contributed by atoms with Crippen molar-refractivity contribution in [3.05, 3.63) is 29.6 Å². The van der Waals surface area contributed by atoms with Crippen LogP contribution in [0.25, 0.3) is 0 Å². The average Bonchev–Trinajstić information content (AvgIpc) is 2.78. The molecule has 1 atom stereocenters. The molecule has 0 saturated carbocycles. The predicted molar refractivity (Wildman–Crippen MR) is 65.6 cm³/mol. The minimum atomic E-state index is -3.75. The number of aliphatic carboxylic acids is 1. The van der Waals surface area contributed by atoms with E-state index in [1.807, 2.05) is 0 Å². The van der Waals surface area contributed by atoms with Crippen LogP contribution in [0.3, 0.4) is 0 Å². The van der Waals surface area contributed by atoms with Crippen LogP contribution in [0.1, 0.15) is 12.0 Å². The van der Waals surface area contributed by atoms with E-state index in [0.717, 1.165) is 16.4 Å². The maximum Gasteiger partial charge on any atom is 0.307 e. The summed E-state index contributed by atoms with van der Waals surface area (Å²) in [6.07, 6.45) is 0.300. The second-order valence-corrected chi connectivity index (χ2v) is 6.50. The van der Waals surface area contributed by atoms with E-state index in [1.165, 1.54) is 13.0 Å². The van der Waals surface area contributed by atoms with Crippen LogP contribution in [0.4, 0.5) is 4.39 Å². The quantitative estimate of drug-likeness (QED) is 0.907. The standard InChI is InChI=1S/C12H14FNO4S/c1-8-6-10(13)2-3-11(8)19(17,18)14-5-4-9(7-14)12(15)16/h2-3,6,9H,4-5,7H2,1H3,(H,15,16)/t9-/m1/s1. The second-order valence-electron chi connectivity index (χ2n) is 4.60. The summed E-state index contributed by atoms with van der Waals surface area (Å²) in [4.78, 5) is 10.9. The molecular formula is C12H14FNO4S. The van der Waals surface area contributed by atoms with Crippen LogP contribution in [0.2, 0.25) is 0 Å². The van der Waals surface area contributed by atoms with Crippen molar-refractivity contribution >= 4 is 16.0 Å². The molecule has 0 radical (unpaired) electrons. The lowest BCUT2D eigenvalue weighted by molar-refractivity contribution is -0.141. The molecule has 0 spiro atoms. The van der Waals surface area contributed by atoms with E-state index in [2.05, 4.69) is 0 Å². The molecule has 0 amide bonds. The molecule has 5 nitrogen and oxygen atoms in total. The molecule has 0 unspecified atom stereocenters. The maximum atomic E-state index is 13.0. The monoisotopic (exact) mass is 287 g/mol. The Hall–Kier alpha value is -1.47. The fourth-order valence-corrected chi connectivity index (χ4v) is 3.90. The normalized spacial score (nSPS) is 20.6. The number of hydrogen-bond donors (Lipinski definition) is 1. The van der Waals surface area contributed by atoms with E-state index >= 15 is 0 Å². The average molecular weight is 287 g/mol. The number of sulfonamides is 1. The molecule has 1 aromatic carbocycles. The summed E-state index contributed by atoms with van der Waals surface area (Å²) in [5.74, 6) is -2.16. The zero-order chi connectivity index (χ0) is 14.2. The summed E-state index contributed by atoms with van der Waals surface area (Å²) in [6, 6.07) is 3.45. The highest BCUT2D eigenvalue weighted by atomic mass is 32.2. The summed E-state index contributed by atoms with van der Waals surface area (Å²) >= 11 is 0. The van der Waals surface area contributed by atoms with Gasteiger partial charge in [-0.15, -0.1) is 0 Å². The first-order chi connectivity index (χ1) is 8.82. The van der Waals surface area contributed by atoms with Crippen LogP contribution in [-0.2, 0) is 14.8 Å². The van der Waals surface area contributed by atoms with Crippen molar-refractivity contribution in [2.24, 2.45) is 5.92 Å². The number of hydrogen-bond acceptors (Lipinski definition) is 3. The van der Waals surface area contributed by atoms with Gasteiger partial charge in [0.25, 0.3) is 0 Å². The number of benzene rings is 1. The topological polar surface area (TPSA) is 74.7 Å². The summed E-state index contributed by atoms with van der Waals surface area (Å²) in [7, 11) is -3.75. The molecule has 1 aliphatic heterocycles. The lowest BCUT2D eigenvalue weighted by Crippen LogP contribution is -2.30. The molecule has 0 aliphatic carbocycles. The van der Waals surface area contributed by atoms with E-state index < -0.39 is 27.7 Å². The van der Waals surface area contributed by atoms with E-state index in [0.29, 0.717) is 12.0 Å². The van der Waals surface area contributed by atoms with E-state index in [1.54, 1.807) is 0 Å². The fourth-order valence-electron chi connectivity index (χ4n) is 2.19. The van der Waals surface area contributed by atoms with Crippen LogP contribution >= 0.6 is 0 Å². The van der Waals surface area contributed by atoms with E-state index in [4.69, 9.17) is 5.11 Å². The number of nitrogens with zero attached hydrogens (tertiary/aromatic N) is 1. The van der Waals surface area contributed by atoms with Crippen LogP contribution in [0.5, 0.6) is 0 Å². The van der Waals surface area contributed by atoms with Gasteiger partial charge in [-0.05, 0) is 37.1 Å². The lowest BCUT2D eigenvalue weighted by atomic mass is 10.1. The predicted octanol–water partition coefficient (Wildman–Crippen LogP) is 1.23. The first kappa shape index (κ1) is 14.0. The third-order valence-electron chi connectivity index (χ3n) is 3.26. The Morgan fingerprint density at radius 3 is 2.68 bits per heavy atom. The van der Waals surface area contributed by atoms with Gasteiger partial charge in [-0.1, -0.05) is 0 Å². The summed E-state index contributed by atoms with van der Waals surface area (Å²) < 4.78 is 38.8. The number of carbonyl (C=O) groups is 1. The molecule has 1 N–H and O–H groups in total. The summed E-state index contributed by atoms with van der Waals surface area (Å²) in [6.45, 7) is 1.66. The van der Waals surface area contributed by atoms with E-state index in [9.17, 15) is 17.6 Å². The van der Waals surface area contributed by atoms with Crippen LogP contribution in [-0.4, -0.2) is 36.9 Å². The van der Waals surface area contributed by atoms with Gasteiger partial charge in [0.2, 0.25) is 10.0 Å². The highest BCUT2D eigenvalue weighted by molar-refractivity contribution is 7.89. The van der Waals surface area contributed by atoms with Crippen molar-refractivity contribution in [2.45, 2.75) is 18.2 Å². The number of carboxylic acids is 1. The SMILES string of the molecule is Cc1cc(F)ccc1S(=O)(=O)N1CC[C@@H](C(=O)O)C1. The highest BCUT2D eigenvalue weighted by Crippen LogP contribution is 2.26. The van der Waals surface area contributed by atoms with Crippen molar-refractivity contribution in [1.29, 1.82) is 0 Å². The van der Waals surface area contributed by atoms with Crippen molar-refractivity contribution in [3.8, 4) is 0 Å². The van der Waals surface area contributed by atoms with Crippen molar-refractivity contribution in [3.63, 3.8) is 0 Å². The Labute approximate surface area is 110 Å². The molecule has 0 aromatic heterocycles. The Bertz CT molecular complexity index is 614. The highest BCUT2D eigenvalue weighted by Gasteiger charge is 2.36. The number of halogens is 1. The minimum Gasteiger partial charge on any atom is -0.481 e. The largest absolute Gasteiger partial charge is 0.481 e. The molecule has 1 aromatic rings. The maximum absolute atomic E-state index is 13.0. The molecule has 1 fully saturated rings. The van der Waals surface area contributed by atoms with Crippen molar-refractivity contribution < 1.29 is 22.7 Å². The third-order valence-corrected chi connectivity index (χ3v) is 5.28. The van der Waals surface area contributed by atoms with Gasteiger partial charge in [-0.25, -0.2) is 12.8 Å². The second kappa shape index (κ2) is 4.90. The van der Waals surface area contributed by atoms with E-state index in [-0.39, 0.29) is 18.0 Å². The fraction of sp³-hybridized carbons (Fsp3) is 0.417. The van der Waals surface area contributed by atoms with Crippen LogP contribution in [0, 0.1) is 18.7 Å². The van der Waals surface area contributed by atoms with Crippen LogP contribution in [0.15, 0.2) is 23.1 Å². The first-order valence-electron chi connectivity index (χ1n) is 5.81. The summed E-state index contributed by atoms with van der Waals surface area (Å²) in [5.41, 5.74) is 0.318. The van der Waals surface area contributed by atoms with Crippen molar-refractivity contribution in [1.82, 2.24) is 4.31 Å². The Morgan fingerprint density at radius 2 is 2.16 bits per heavy atom. The molecule has 0 bridgehead atoms. The summed E-state index contributed by atoms with van der Waals surface area (Å²) in [5, 5.41) is 8.89. The molecule has 1 saturated heterocycles. The number of rotatable bonds is 3. The number of aryl methyl sites for hydroxylation is 1. The van der Waals surface area contributed by atoms with Gasteiger partial charge in [0.15, 0.2) is 0 Å². The first-order valence-corrected chi connectivity index (χ1v) is 7.25. The molecule has 1 heterocycles. The molecule has 19 heavy (non-hydrogen) atoms. The Morgan fingerprint density at radius 1 is 1.47 bits per heavy atom. The van der Waals surface area contributed by atoms with Gasteiger partial charge >= 0.3 is 5.97 Å². The molecule has 2 rings (SSSR count). The molecule has 7 heteroatoms. The van der Waals surface area contributed by atoms with Gasteiger partial charge in [-0.3, -0.25) is 4.79 Å². The van der Waals surface area contributed by atoms with Gasteiger partial charge in [0.05, 0.1) is 10.8 Å². The Balaban J connectivity index is 2.31. The van der Waals surface area contributed by atoms with Gasteiger partial charge < -0.3 is 5.11 Å². The molecular weight excluding hydrogens is 273 g/mol. The van der Waals surface area contributed by atoms with Crippen molar-refractivity contribution in [2.75, 3.05) is 13.1 Å². The lowest BCUT2D eigenvalue weighted by Gasteiger charge is -2.17. The van der Waals surface area contributed by atoms with Gasteiger partial charge in [-0.2, -0.15) is 4.31 Å². The molecule has 1 aliphatic rings. The zero-order valence-corrected chi connectivity index (χ0v) is 11.2. The van der Waals surface area contributed by atoms with Gasteiger partial charge in [0, 0.05) is 13.1 Å². The minimum absolute atomic E-state index is 0.0277. The third kappa shape index (κ3) is 2.62. The smallest absolute Gasteiger partial charge is 0.307 e. The number of carboxylic acid groups (broad SMARTS) is 1. The Kier molecular flexibility index (Phi) is 3.60. The molecule has 104 valence electrons. The van der Waals surface area contributed by atoms with Gasteiger partial charge in [0.1, 0.15) is 5.82 Å². The van der Waals surface area contributed by atoms with Crippen LogP contribution < -0.4 is 0 Å².